The van der Waals surface area contributed by atoms with Gasteiger partial charge in [0.05, 0.1) is 23.1 Å². The second kappa shape index (κ2) is 5.73. The molecule has 0 atom stereocenters. The maximum atomic E-state index is 5.76. The molecule has 20 heavy (non-hydrogen) atoms. The van der Waals surface area contributed by atoms with E-state index in [9.17, 15) is 0 Å². The zero-order valence-corrected chi connectivity index (χ0v) is 12.6. The molecular formula is C15H14N2OS2. The Bertz CT molecular complexity index is 707. The minimum Gasteiger partial charge on any atom is -0.496 e. The number of rotatable bonds is 4. The van der Waals surface area contributed by atoms with Crippen LogP contribution in [0.5, 0.6) is 5.75 Å². The van der Waals surface area contributed by atoms with Gasteiger partial charge in [0, 0.05) is 16.6 Å². The molecule has 0 saturated heterocycles. The van der Waals surface area contributed by atoms with E-state index in [2.05, 4.69) is 11.1 Å². The molecule has 1 heterocycles. The van der Waals surface area contributed by atoms with E-state index in [4.69, 9.17) is 10.5 Å². The Morgan fingerprint density at radius 2 is 2.10 bits per heavy atom. The van der Waals surface area contributed by atoms with Crippen LogP contribution in [0.15, 0.2) is 47.4 Å². The Labute approximate surface area is 125 Å². The van der Waals surface area contributed by atoms with Gasteiger partial charge in [0.25, 0.3) is 0 Å². The highest BCUT2D eigenvalue weighted by Gasteiger charge is 2.07. The number of fused-ring (bicyclic) bond motifs is 1. The lowest BCUT2D eigenvalue weighted by molar-refractivity contribution is 0.405. The Balaban J connectivity index is 1.79. The molecule has 0 saturated carbocycles. The molecule has 2 aromatic carbocycles. The Morgan fingerprint density at radius 3 is 2.90 bits per heavy atom. The summed E-state index contributed by atoms with van der Waals surface area (Å²) in [5.74, 6) is 1.65. The van der Waals surface area contributed by atoms with Crippen molar-refractivity contribution in [2.24, 2.45) is 0 Å². The number of hydrogen-bond acceptors (Lipinski definition) is 5. The zero-order valence-electron chi connectivity index (χ0n) is 11.0. The van der Waals surface area contributed by atoms with Crippen molar-refractivity contribution in [1.82, 2.24) is 4.98 Å². The standard InChI is InChI=1S/C15H14N2OS2/c1-18-12-8-10(16)6-7-14(12)19-9-15-17-11-4-2-3-5-13(11)20-15/h2-8H,9,16H2,1H3. The lowest BCUT2D eigenvalue weighted by atomic mass is 10.3. The summed E-state index contributed by atoms with van der Waals surface area (Å²) < 4.78 is 6.58. The number of ether oxygens (including phenoxy) is 1. The van der Waals surface area contributed by atoms with Gasteiger partial charge in [-0.25, -0.2) is 4.98 Å². The van der Waals surface area contributed by atoms with E-state index in [0.29, 0.717) is 5.69 Å². The molecule has 1 aromatic heterocycles. The van der Waals surface area contributed by atoms with Gasteiger partial charge in [-0.3, -0.25) is 0 Å². The van der Waals surface area contributed by atoms with Crippen LogP contribution in [-0.2, 0) is 5.75 Å². The summed E-state index contributed by atoms with van der Waals surface area (Å²) in [6.45, 7) is 0. The van der Waals surface area contributed by atoms with E-state index < -0.39 is 0 Å². The van der Waals surface area contributed by atoms with Crippen LogP contribution in [0.25, 0.3) is 10.2 Å². The number of nitrogens with two attached hydrogens (primary N) is 1. The summed E-state index contributed by atoms with van der Waals surface area (Å²) in [4.78, 5) is 5.72. The van der Waals surface area contributed by atoms with Crippen LogP contribution in [0.2, 0.25) is 0 Å². The van der Waals surface area contributed by atoms with Crippen LogP contribution in [0.1, 0.15) is 5.01 Å². The minimum absolute atomic E-state index is 0.714. The maximum Gasteiger partial charge on any atom is 0.134 e. The van der Waals surface area contributed by atoms with Crippen molar-refractivity contribution < 1.29 is 4.74 Å². The molecule has 0 fully saturated rings. The second-order valence-electron chi connectivity index (χ2n) is 4.27. The average molecular weight is 302 g/mol. The normalized spacial score (nSPS) is 10.8. The first kappa shape index (κ1) is 13.3. The monoisotopic (exact) mass is 302 g/mol. The molecule has 102 valence electrons. The van der Waals surface area contributed by atoms with E-state index in [1.54, 1.807) is 30.2 Å². The number of anilines is 1. The van der Waals surface area contributed by atoms with Gasteiger partial charge in [-0.15, -0.1) is 23.1 Å². The number of methoxy groups -OCH3 is 1. The first-order valence-electron chi connectivity index (χ1n) is 6.17. The molecular weight excluding hydrogens is 288 g/mol. The van der Waals surface area contributed by atoms with Gasteiger partial charge in [-0.2, -0.15) is 0 Å². The zero-order chi connectivity index (χ0) is 13.9. The minimum atomic E-state index is 0.714. The highest BCUT2D eigenvalue weighted by molar-refractivity contribution is 7.98. The Kier molecular flexibility index (Phi) is 3.80. The lowest BCUT2D eigenvalue weighted by Crippen LogP contribution is -1.90. The number of nitrogen functional groups attached to an aromatic ring is 1. The fraction of sp³-hybridized carbons (Fsp3) is 0.133. The maximum absolute atomic E-state index is 5.76. The number of thioether (sulfide) groups is 1. The predicted molar refractivity (Wildman–Crippen MR) is 86.6 cm³/mol. The Hall–Kier alpha value is -1.72. The van der Waals surface area contributed by atoms with Crippen LogP contribution in [0, 0.1) is 0 Å². The lowest BCUT2D eigenvalue weighted by Gasteiger charge is -2.07. The van der Waals surface area contributed by atoms with Crippen LogP contribution >= 0.6 is 23.1 Å². The summed E-state index contributed by atoms with van der Waals surface area (Å²) in [5, 5.41) is 1.12. The number of thiazole rings is 1. The number of hydrogen-bond donors (Lipinski definition) is 1. The summed E-state index contributed by atoms with van der Waals surface area (Å²) in [6, 6.07) is 13.9. The van der Waals surface area contributed by atoms with Crippen molar-refractivity contribution >= 4 is 39.0 Å². The van der Waals surface area contributed by atoms with Crippen molar-refractivity contribution in [2.45, 2.75) is 10.6 Å². The molecule has 5 heteroatoms. The summed E-state index contributed by atoms with van der Waals surface area (Å²) in [5.41, 5.74) is 7.54. The van der Waals surface area contributed by atoms with E-state index in [1.165, 1.54) is 4.70 Å². The van der Waals surface area contributed by atoms with Gasteiger partial charge < -0.3 is 10.5 Å². The molecule has 0 spiro atoms. The largest absolute Gasteiger partial charge is 0.496 e. The van der Waals surface area contributed by atoms with E-state index in [1.807, 2.05) is 36.4 Å². The fourth-order valence-electron chi connectivity index (χ4n) is 1.92. The topological polar surface area (TPSA) is 48.1 Å². The van der Waals surface area contributed by atoms with Crippen molar-refractivity contribution in [3.8, 4) is 5.75 Å². The smallest absolute Gasteiger partial charge is 0.134 e. The number of benzene rings is 2. The molecule has 3 nitrogen and oxygen atoms in total. The van der Waals surface area contributed by atoms with Gasteiger partial charge in [0.15, 0.2) is 0 Å². The van der Waals surface area contributed by atoms with E-state index in [-0.39, 0.29) is 0 Å². The molecule has 0 aliphatic rings. The molecule has 0 amide bonds. The highest BCUT2D eigenvalue weighted by atomic mass is 32.2. The van der Waals surface area contributed by atoms with Gasteiger partial charge in [-0.05, 0) is 24.3 Å². The van der Waals surface area contributed by atoms with E-state index >= 15 is 0 Å². The van der Waals surface area contributed by atoms with Gasteiger partial charge in [-0.1, -0.05) is 12.1 Å². The molecule has 0 aliphatic carbocycles. The fourth-order valence-corrected chi connectivity index (χ4v) is 3.89. The Morgan fingerprint density at radius 1 is 1.25 bits per heavy atom. The first-order valence-corrected chi connectivity index (χ1v) is 7.97. The molecule has 0 bridgehead atoms. The molecule has 0 radical (unpaired) electrons. The van der Waals surface area contributed by atoms with Crippen molar-refractivity contribution in [2.75, 3.05) is 12.8 Å². The van der Waals surface area contributed by atoms with Gasteiger partial charge >= 0.3 is 0 Å². The quantitative estimate of drug-likeness (QED) is 0.580. The number of para-hydroxylation sites is 1. The van der Waals surface area contributed by atoms with Crippen LogP contribution in [0.3, 0.4) is 0 Å². The molecule has 3 aromatic rings. The molecule has 0 aliphatic heterocycles. The van der Waals surface area contributed by atoms with Gasteiger partial charge in [0.2, 0.25) is 0 Å². The van der Waals surface area contributed by atoms with Crippen molar-refractivity contribution in [3.63, 3.8) is 0 Å². The number of aromatic nitrogens is 1. The highest BCUT2D eigenvalue weighted by Crippen LogP contribution is 2.34. The third-order valence-electron chi connectivity index (χ3n) is 2.88. The summed E-state index contributed by atoms with van der Waals surface area (Å²) in [6.07, 6.45) is 0. The molecule has 2 N–H and O–H groups in total. The van der Waals surface area contributed by atoms with Crippen molar-refractivity contribution in [3.05, 3.63) is 47.5 Å². The SMILES string of the molecule is COc1cc(N)ccc1SCc1nc2ccccc2s1. The second-order valence-corrected chi connectivity index (χ2v) is 6.41. The van der Waals surface area contributed by atoms with Crippen LogP contribution in [-0.4, -0.2) is 12.1 Å². The predicted octanol–water partition coefficient (Wildman–Crippen LogP) is 4.18. The third-order valence-corrected chi connectivity index (χ3v) is 5.16. The summed E-state index contributed by atoms with van der Waals surface area (Å²) >= 11 is 3.45. The average Bonchev–Trinajstić information content (AvgIpc) is 2.88. The summed E-state index contributed by atoms with van der Waals surface area (Å²) in [7, 11) is 1.66. The van der Waals surface area contributed by atoms with Crippen molar-refractivity contribution in [1.29, 1.82) is 0 Å². The molecule has 0 unspecified atom stereocenters. The first-order chi connectivity index (χ1) is 9.76. The van der Waals surface area contributed by atoms with E-state index in [0.717, 1.165) is 26.9 Å². The molecule has 3 rings (SSSR count). The van der Waals surface area contributed by atoms with Crippen LogP contribution < -0.4 is 10.5 Å². The number of nitrogens with zero attached hydrogens (tertiary/aromatic N) is 1. The third kappa shape index (κ3) is 2.73. The van der Waals surface area contributed by atoms with Crippen LogP contribution in [0.4, 0.5) is 5.69 Å². The van der Waals surface area contributed by atoms with Gasteiger partial charge in [0.1, 0.15) is 10.8 Å².